The third-order valence-corrected chi connectivity index (χ3v) is 12.1. The van der Waals surface area contributed by atoms with Crippen molar-refractivity contribution in [2.75, 3.05) is 13.2 Å². The molecule has 0 heterocycles. The molecule has 0 saturated carbocycles. The predicted molar refractivity (Wildman–Crippen MR) is 297 cm³/mol. The monoisotopic (exact) mass is 959 g/mol. The lowest BCUT2D eigenvalue weighted by Crippen LogP contribution is -2.30. The number of carbonyl (C=O) groups is 3. The van der Waals surface area contributed by atoms with E-state index in [1.54, 1.807) is 0 Å². The number of carbonyl (C=O) groups excluding carboxylic acids is 3. The van der Waals surface area contributed by atoms with E-state index in [1.165, 1.54) is 109 Å². The van der Waals surface area contributed by atoms with Gasteiger partial charge in [-0.05, 0) is 96.3 Å². The molecule has 0 aromatic rings. The molecule has 0 aliphatic carbocycles. The molecule has 0 rings (SSSR count). The third-order valence-electron chi connectivity index (χ3n) is 12.1. The summed E-state index contributed by atoms with van der Waals surface area (Å²) < 4.78 is 16.7. The second-order valence-corrected chi connectivity index (χ2v) is 18.8. The van der Waals surface area contributed by atoms with E-state index in [4.69, 9.17) is 14.2 Å². The Morgan fingerprint density at radius 3 is 0.942 bits per heavy atom. The first-order valence-corrected chi connectivity index (χ1v) is 28.7. The maximum absolute atomic E-state index is 12.7. The SMILES string of the molecule is CC/C=C\C/C=C\C/C=C\C/C=C\C/C=C\C/C=C\C/C=C\CCCCCCCCCCCCCC(=O)OCC(COC(=O)CCCCCCCCC)OC(=O)CCCCCCC/C=C\CCCC. The molecule has 69 heavy (non-hydrogen) atoms. The molecule has 0 aromatic heterocycles. The van der Waals surface area contributed by atoms with Crippen LogP contribution in [0.25, 0.3) is 0 Å². The Morgan fingerprint density at radius 2 is 0.580 bits per heavy atom. The van der Waals surface area contributed by atoms with E-state index in [0.29, 0.717) is 19.3 Å². The highest BCUT2D eigenvalue weighted by Gasteiger charge is 2.19. The largest absolute Gasteiger partial charge is 0.462 e. The second-order valence-electron chi connectivity index (χ2n) is 18.8. The Labute approximate surface area is 426 Å². The Hall–Kier alpha value is -3.67. The molecule has 0 aliphatic heterocycles. The van der Waals surface area contributed by atoms with Gasteiger partial charge < -0.3 is 14.2 Å². The summed E-state index contributed by atoms with van der Waals surface area (Å²) in [7, 11) is 0. The fourth-order valence-corrected chi connectivity index (χ4v) is 7.76. The van der Waals surface area contributed by atoms with E-state index in [0.717, 1.165) is 116 Å². The topological polar surface area (TPSA) is 78.9 Å². The Balaban J connectivity index is 4.04. The smallest absolute Gasteiger partial charge is 0.306 e. The zero-order valence-corrected chi connectivity index (χ0v) is 45.0. The number of ether oxygens (including phenoxy) is 3. The normalized spacial score (nSPS) is 12.8. The van der Waals surface area contributed by atoms with Crippen molar-refractivity contribution in [3.63, 3.8) is 0 Å². The zero-order valence-electron chi connectivity index (χ0n) is 45.0. The average Bonchev–Trinajstić information content (AvgIpc) is 3.35. The van der Waals surface area contributed by atoms with Crippen molar-refractivity contribution < 1.29 is 28.6 Å². The average molecular weight is 960 g/mol. The van der Waals surface area contributed by atoms with Crippen LogP contribution in [0.4, 0.5) is 0 Å². The van der Waals surface area contributed by atoms with Crippen LogP contribution in [0.2, 0.25) is 0 Å². The van der Waals surface area contributed by atoms with Gasteiger partial charge in [0, 0.05) is 19.3 Å². The van der Waals surface area contributed by atoms with Gasteiger partial charge in [0.25, 0.3) is 0 Å². The summed E-state index contributed by atoms with van der Waals surface area (Å²) in [5.74, 6) is -0.899. The van der Waals surface area contributed by atoms with Gasteiger partial charge in [0.1, 0.15) is 13.2 Å². The minimum absolute atomic E-state index is 0.0796. The lowest BCUT2D eigenvalue weighted by atomic mass is 10.0. The minimum Gasteiger partial charge on any atom is -0.462 e. The number of hydrogen-bond acceptors (Lipinski definition) is 6. The lowest BCUT2D eigenvalue weighted by molar-refractivity contribution is -0.167. The number of allylic oxidation sites excluding steroid dienone is 16. The molecule has 0 aliphatic rings. The van der Waals surface area contributed by atoms with Crippen LogP contribution in [0, 0.1) is 0 Å². The van der Waals surface area contributed by atoms with Crippen LogP contribution in [0.5, 0.6) is 0 Å². The lowest BCUT2D eigenvalue weighted by Gasteiger charge is -2.18. The molecule has 0 amide bonds. The molecular weight excluding hydrogens is 853 g/mol. The highest BCUT2D eigenvalue weighted by Crippen LogP contribution is 2.15. The van der Waals surface area contributed by atoms with E-state index in [-0.39, 0.29) is 31.1 Å². The van der Waals surface area contributed by atoms with Gasteiger partial charge in [0.2, 0.25) is 0 Å². The molecular formula is C63H106O6. The fourth-order valence-electron chi connectivity index (χ4n) is 7.76. The number of unbranched alkanes of at least 4 members (excludes halogenated alkanes) is 24. The maximum atomic E-state index is 12.7. The molecule has 0 bridgehead atoms. The van der Waals surface area contributed by atoms with Crippen molar-refractivity contribution in [3.8, 4) is 0 Å². The summed E-state index contributed by atoms with van der Waals surface area (Å²) in [6.45, 7) is 6.43. The van der Waals surface area contributed by atoms with Crippen LogP contribution in [0.1, 0.15) is 265 Å². The number of hydrogen-bond donors (Lipinski definition) is 0. The first-order valence-electron chi connectivity index (χ1n) is 28.7. The van der Waals surface area contributed by atoms with Crippen LogP contribution >= 0.6 is 0 Å². The standard InChI is InChI=1S/C63H106O6/c1-4-7-10-13-16-18-20-21-22-23-24-25-26-27-28-29-30-31-32-33-34-35-36-37-38-39-40-41-43-44-47-50-53-56-62(65)68-59-60(58-67-61(64)55-52-49-46-15-12-9-6-3)69-63(66)57-54-51-48-45-42-19-17-14-11-8-5-2/h7,10,14,16-18,21-22,24-25,27-28,30-31,33-34,60H,4-6,8-9,11-13,15,19-20,23,26,29,32,35-59H2,1-3H3/b10-7-,17-14-,18-16-,22-21-,25-24-,28-27-,31-30-,34-33-. The predicted octanol–water partition coefficient (Wildman–Crippen LogP) is 19.3. The summed E-state index contributed by atoms with van der Waals surface area (Å²) in [6, 6.07) is 0. The number of esters is 3. The van der Waals surface area contributed by atoms with E-state index in [2.05, 4.69) is 118 Å². The molecule has 1 atom stereocenters. The van der Waals surface area contributed by atoms with E-state index in [1.807, 2.05) is 0 Å². The van der Waals surface area contributed by atoms with Crippen molar-refractivity contribution >= 4 is 17.9 Å². The third kappa shape index (κ3) is 55.1. The van der Waals surface area contributed by atoms with Gasteiger partial charge in [-0.15, -0.1) is 0 Å². The Morgan fingerprint density at radius 1 is 0.304 bits per heavy atom. The molecule has 0 N–H and O–H groups in total. The summed E-state index contributed by atoms with van der Waals surface area (Å²) in [6.07, 6.45) is 75.8. The molecule has 6 heteroatoms. The van der Waals surface area contributed by atoms with Crippen molar-refractivity contribution in [2.45, 2.75) is 271 Å². The first kappa shape index (κ1) is 65.3. The maximum Gasteiger partial charge on any atom is 0.306 e. The van der Waals surface area contributed by atoms with Crippen molar-refractivity contribution in [2.24, 2.45) is 0 Å². The fraction of sp³-hybridized carbons (Fsp3) is 0.698. The molecule has 6 nitrogen and oxygen atoms in total. The molecule has 0 radical (unpaired) electrons. The molecule has 0 fully saturated rings. The van der Waals surface area contributed by atoms with Gasteiger partial charge in [0.15, 0.2) is 6.10 Å². The minimum atomic E-state index is -0.777. The molecule has 1 unspecified atom stereocenters. The second kappa shape index (κ2) is 56.9. The summed E-state index contributed by atoms with van der Waals surface area (Å²) in [5, 5.41) is 0. The van der Waals surface area contributed by atoms with Crippen LogP contribution in [0.15, 0.2) is 97.2 Å². The van der Waals surface area contributed by atoms with Crippen LogP contribution in [0.3, 0.4) is 0 Å². The van der Waals surface area contributed by atoms with Crippen LogP contribution in [-0.4, -0.2) is 37.2 Å². The van der Waals surface area contributed by atoms with E-state index >= 15 is 0 Å². The van der Waals surface area contributed by atoms with Gasteiger partial charge in [-0.3, -0.25) is 14.4 Å². The van der Waals surface area contributed by atoms with Gasteiger partial charge >= 0.3 is 17.9 Å². The van der Waals surface area contributed by atoms with Gasteiger partial charge in [0.05, 0.1) is 0 Å². The van der Waals surface area contributed by atoms with E-state index in [9.17, 15) is 14.4 Å². The van der Waals surface area contributed by atoms with Crippen molar-refractivity contribution in [3.05, 3.63) is 97.2 Å². The van der Waals surface area contributed by atoms with Gasteiger partial charge in [-0.2, -0.15) is 0 Å². The molecule has 0 spiro atoms. The van der Waals surface area contributed by atoms with Gasteiger partial charge in [-0.1, -0.05) is 246 Å². The van der Waals surface area contributed by atoms with Crippen molar-refractivity contribution in [1.29, 1.82) is 0 Å². The summed E-state index contributed by atoms with van der Waals surface area (Å²) in [4.78, 5) is 37.8. The van der Waals surface area contributed by atoms with E-state index < -0.39 is 6.10 Å². The first-order chi connectivity index (χ1) is 34.0. The summed E-state index contributed by atoms with van der Waals surface area (Å²) in [5.41, 5.74) is 0. The zero-order chi connectivity index (χ0) is 50.0. The Kier molecular flexibility index (Phi) is 53.9. The van der Waals surface area contributed by atoms with Crippen molar-refractivity contribution in [1.82, 2.24) is 0 Å². The van der Waals surface area contributed by atoms with Crippen LogP contribution < -0.4 is 0 Å². The quantitative estimate of drug-likeness (QED) is 0.0262. The highest BCUT2D eigenvalue weighted by molar-refractivity contribution is 5.71. The molecule has 0 aromatic carbocycles. The highest BCUT2D eigenvalue weighted by atomic mass is 16.6. The van der Waals surface area contributed by atoms with Gasteiger partial charge in [-0.25, -0.2) is 0 Å². The molecule has 0 saturated heterocycles. The van der Waals surface area contributed by atoms with Crippen LogP contribution in [-0.2, 0) is 28.6 Å². The Bertz CT molecular complexity index is 1380. The summed E-state index contributed by atoms with van der Waals surface area (Å²) >= 11 is 0. The molecule has 394 valence electrons. The number of rotatable bonds is 51.